The van der Waals surface area contributed by atoms with Crippen LogP contribution < -0.4 is 15.4 Å². The maximum Gasteiger partial charge on any atom is 0.407 e. The Kier molecular flexibility index (Phi) is 8.30. The van der Waals surface area contributed by atoms with E-state index in [9.17, 15) is 13.2 Å². The molecule has 0 bridgehead atoms. The molecule has 0 saturated heterocycles. The van der Waals surface area contributed by atoms with E-state index in [-0.39, 0.29) is 16.0 Å². The van der Waals surface area contributed by atoms with Crippen molar-refractivity contribution in [1.29, 1.82) is 0 Å². The predicted molar refractivity (Wildman–Crippen MR) is 141 cm³/mol. The smallest absolute Gasteiger partial charge is 0.407 e. The third kappa shape index (κ3) is 6.38. The highest BCUT2D eigenvalue weighted by atomic mass is 35.5. The molecule has 1 saturated carbocycles. The highest BCUT2D eigenvalue weighted by molar-refractivity contribution is 7.89. The fraction of sp³-hybridized carbons (Fsp3) is 0.417. The first-order valence-electron chi connectivity index (χ1n) is 12.0. The molecule has 1 aliphatic carbocycles. The number of alkyl carbamates (subject to hydrolysis) is 1. The normalized spacial score (nSPS) is 14.3. The maximum atomic E-state index is 12.8. The lowest BCUT2D eigenvalue weighted by molar-refractivity contribution is 0.168. The largest absolute Gasteiger partial charge is 0.453 e. The molecule has 0 unspecified atom stereocenters. The number of rotatable bonds is 11. The average Bonchev–Trinajstić information content (AvgIpc) is 3.65. The minimum atomic E-state index is -3.79. The zero-order chi connectivity index (χ0) is 26.6. The summed E-state index contributed by atoms with van der Waals surface area (Å²) in [5.41, 5.74) is 2.19. The van der Waals surface area contributed by atoms with Crippen LogP contribution in [0.5, 0.6) is 0 Å². The third-order valence-electron chi connectivity index (χ3n) is 5.76. The van der Waals surface area contributed by atoms with Crippen molar-refractivity contribution in [2.45, 2.75) is 50.0 Å². The van der Waals surface area contributed by atoms with Crippen LogP contribution in [0, 0.1) is 0 Å². The number of imidazole rings is 1. The van der Waals surface area contributed by atoms with Gasteiger partial charge < -0.3 is 20.4 Å². The Balaban J connectivity index is 1.68. The highest BCUT2D eigenvalue weighted by Crippen LogP contribution is 2.43. The molecule has 4 rings (SSSR count). The zero-order valence-corrected chi connectivity index (χ0v) is 22.4. The van der Waals surface area contributed by atoms with E-state index in [1.807, 2.05) is 13.8 Å². The molecule has 37 heavy (non-hydrogen) atoms. The molecular weight excluding hydrogens is 518 g/mol. The summed E-state index contributed by atoms with van der Waals surface area (Å²) < 4.78 is 32.9. The van der Waals surface area contributed by atoms with E-state index in [2.05, 4.69) is 35.0 Å². The Labute approximate surface area is 220 Å². The molecule has 13 heteroatoms. The number of benzene rings is 1. The van der Waals surface area contributed by atoms with Crippen LogP contribution in [0.1, 0.15) is 44.9 Å². The van der Waals surface area contributed by atoms with E-state index in [0.29, 0.717) is 54.0 Å². The molecule has 1 aliphatic rings. The maximum absolute atomic E-state index is 12.8. The predicted octanol–water partition coefficient (Wildman–Crippen LogP) is 3.91. The van der Waals surface area contributed by atoms with Gasteiger partial charge in [-0.05, 0) is 38.3 Å². The van der Waals surface area contributed by atoms with Crippen molar-refractivity contribution in [2.75, 3.05) is 25.5 Å². The monoisotopic (exact) mass is 547 g/mol. The van der Waals surface area contributed by atoms with Crippen LogP contribution in [-0.4, -0.2) is 60.7 Å². The molecule has 0 spiro atoms. The van der Waals surface area contributed by atoms with E-state index >= 15 is 0 Å². The number of carbonyl (C=O) groups excluding carboxylic acids is 1. The first kappa shape index (κ1) is 26.8. The first-order valence-corrected chi connectivity index (χ1v) is 13.9. The van der Waals surface area contributed by atoms with Gasteiger partial charge in [0.25, 0.3) is 0 Å². The molecule has 198 valence electrons. The second kappa shape index (κ2) is 11.4. The minimum Gasteiger partial charge on any atom is -0.453 e. The van der Waals surface area contributed by atoms with Crippen molar-refractivity contribution in [1.82, 2.24) is 30.0 Å². The zero-order valence-electron chi connectivity index (χ0n) is 20.8. The quantitative estimate of drug-likeness (QED) is 0.282. The third-order valence-corrected chi connectivity index (χ3v) is 7.79. The van der Waals surface area contributed by atoms with E-state index in [1.54, 1.807) is 24.4 Å². The number of halogens is 1. The SMILES string of the molecule is CCCNS(=O)(=O)c1cccc(-c2nc(C3CC3)[nH]c2-c2ccnc(NC[C@H](C)NC(=O)OC)n2)c1Cl. The number of hydrogen-bond donors (Lipinski definition) is 4. The lowest BCUT2D eigenvalue weighted by Crippen LogP contribution is -2.37. The molecule has 3 aromatic rings. The van der Waals surface area contributed by atoms with Crippen LogP contribution in [0.15, 0.2) is 35.4 Å². The molecule has 2 aromatic heterocycles. The van der Waals surface area contributed by atoms with Crippen molar-refractivity contribution in [2.24, 2.45) is 0 Å². The van der Waals surface area contributed by atoms with Crippen LogP contribution >= 0.6 is 11.6 Å². The molecule has 1 atom stereocenters. The Morgan fingerprint density at radius 1 is 1.27 bits per heavy atom. The van der Waals surface area contributed by atoms with Gasteiger partial charge in [0.2, 0.25) is 16.0 Å². The van der Waals surface area contributed by atoms with Gasteiger partial charge in [-0.25, -0.2) is 32.9 Å². The Hall–Kier alpha value is -3.22. The van der Waals surface area contributed by atoms with Crippen LogP contribution in [0.25, 0.3) is 22.6 Å². The minimum absolute atomic E-state index is 0.000763. The molecule has 1 amide bonds. The van der Waals surface area contributed by atoms with Crippen molar-refractivity contribution < 1.29 is 17.9 Å². The second-order valence-electron chi connectivity index (χ2n) is 8.82. The van der Waals surface area contributed by atoms with Crippen LogP contribution in [0.2, 0.25) is 5.02 Å². The topological polar surface area (TPSA) is 151 Å². The summed E-state index contributed by atoms with van der Waals surface area (Å²) in [5, 5.41) is 5.87. The summed E-state index contributed by atoms with van der Waals surface area (Å²) in [6.45, 7) is 4.39. The first-order chi connectivity index (χ1) is 17.7. The number of ether oxygens (including phenoxy) is 1. The van der Waals surface area contributed by atoms with E-state index < -0.39 is 16.1 Å². The van der Waals surface area contributed by atoms with Gasteiger partial charge in [0, 0.05) is 36.8 Å². The molecule has 1 aromatic carbocycles. The second-order valence-corrected chi connectivity index (χ2v) is 10.9. The summed E-state index contributed by atoms with van der Waals surface area (Å²) in [7, 11) is -2.48. The number of sulfonamides is 1. The lowest BCUT2D eigenvalue weighted by Gasteiger charge is -2.14. The summed E-state index contributed by atoms with van der Waals surface area (Å²) in [6, 6.07) is 6.40. The summed E-state index contributed by atoms with van der Waals surface area (Å²) in [5.74, 6) is 1.48. The number of aromatic nitrogens is 4. The number of aromatic amines is 1. The van der Waals surface area contributed by atoms with Gasteiger partial charge in [-0.2, -0.15) is 0 Å². The van der Waals surface area contributed by atoms with Gasteiger partial charge in [0.05, 0.1) is 29.2 Å². The average molecular weight is 548 g/mol. The molecule has 0 aliphatic heterocycles. The molecule has 2 heterocycles. The molecule has 1 fully saturated rings. The van der Waals surface area contributed by atoms with Crippen molar-refractivity contribution in [3.05, 3.63) is 41.3 Å². The molecule has 11 nitrogen and oxygen atoms in total. The summed E-state index contributed by atoms with van der Waals surface area (Å²) in [6.07, 6.45) is 3.80. The summed E-state index contributed by atoms with van der Waals surface area (Å²) in [4.78, 5) is 28.5. The fourth-order valence-electron chi connectivity index (χ4n) is 3.68. The number of amides is 1. The number of carbonyl (C=O) groups is 1. The number of H-pyrrole nitrogens is 1. The number of methoxy groups -OCH3 is 1. The number of nitrogens with zero attached hydrogens (tertiary/aromatic N) is 3. The summed E-state index contributed by atoms with van der Waals surface area (Å²) >= 11 is 6.68. The van der Waals surface area contributed by atoms with Gasteiger partial charge in [-0.3, -0.25) is 0 Å². The Bertz CT molecular complexity index is 1380. The Morgan fingerprint density at radius 3 is 2.76 bits per heavy atom. The molecule has 0 radical (unpaired) electrons. The van der Waals surface area contributed by atoms with Crippen LogP contribution in [-0.2, 0) is 14.8 Å². The lowest BCUT2D eigenvalue weighted by atomic mass is 10.1. The van der Waals surface area contributed by atoms with Crippen molar-refractivity contribution in [3.8, 4) is 22.6 Å². The standard InChI is InChI=1S/C24H30ClN7O4S/c1-4-11-28-37(34,35)18-7-5-6-16(19(18)25)20-21(32-22(31-20)15-8-9-15)17-10-12-26-23(30-17)27-13-14(2)29-24(33)36-3/h5-7,10,12,14-15,28H,4,8-9,11,13H2,1-3H3,(H,29,33)(H,31,32)(H,26,27,30)/t14-/m0/s1. The van der Waals surface area contributed by atoms with Gasteiger partial charge in [-0.15, -0.1) is 0 Å². The number of hydrogen-bond acceptors (Lipinski definition) is 8. The van der Waals surface area contributed by atoms with E-state index in [0.717, 1.165) is 18.7 Å². The van der Waals surface area contributed by atoms with Gasteiger partial charge in [0.15, 0.2) is 0 Å². The van der Waals surface area contributed by atoms with Gasteiger partial charge in [-0.1, -0.05) is 30.7 Å². The van der Waals surface area contributed by atoms with Crippen LogP contribution in [0.4, 0.5) is 10.7 Å². The van der Waals surface area contributed by atoms with Gasteiger partial charge in [0.1, 0.15) is 10.7 Å². The number of anilines is 1. The fourth-order valence-corrected chi connectivity index (χ4v) is 5.43. The van der Waals surface area contributed by atoms with Crippen LogP contribution in [0.3, 0.4) is 0 Å². The molecular formula is C24H30ClN7O4S. The van der Waals surface area contributed by atoms with Gasteiger partial charge >= 0.3 is 6.09 Å². The number of nitrogens with one attached hydrogen (secondary N) is 4. The van der Waals surface area contributed by atoms with E-state index in [1.165, 1.54) is 13.2 Å². The molecule has 4 N–H and O–H groups in total. The Morgan fingerprint density at radius 2 is 2.05 bits per heavy atom. The van der Waals surface area contributed by atoms with E-state index in [4.69, 9.17) is 16.6 Å². The van der Waals surface area contributed by atoms with Crippen molar-refractivity contribution in [3.63, 3.8) is 0 Å². The highest BCUT2D eigenvalue weighted by Gasteiger charge is 2.30. The van der Waals surface area contributed by atoms with Crippen molar-refractivity contribution >= 4 is 33.7 Å².